The summed E-state index contributed by atoms with van der Waals surface area (Å²) in [6, 6.07) is 11.1. The first-order valence-electron chi connectivity index (χ1n) is 9.33. The molecule has 0 unspecified atom stereocenters. The molecular weight excluding hydrogens is 452 g/mol. The average molecular weight is 471 g/mol. The molecule has 2 aromatic carbocycles. The first-order valence-corrected chi connectivity index (χ1v) is 11.3. The van der Waals surface area contributed by atoms with Crippen LogP contribution >= 0.6 is 23.5 Å². The Kier molecular flexibility index (Phi) is 6.61. The first-order chi connectivity index (χ1) is 15.5. The molecule has 0 fully saturated rings. The Labute approximate surface area is 190 Å². The second-order valence-electron chi connectivity index (χ2n) is 6.55. The second kappa shape index (κ2) is 9.74. The van der Waals surface area contributed by atoms with E-state index >= 15 is 0 Å². The smallest absolute Gasteiger partial charge is 0.234 e. The normalized spacial score (nSPS) is 10.9. The fourth-order valence-electron chi connectivity index (χ4n) is 2.85. The molecule has 0 spiro atoms. The third-order valence-corrected chi connectivity index (χ3v) is 6.32. The fraction of sp³-hybridized carbons (Fsp3) is 0.222. The summed E-state index contributed by atoms with van der Waals surface area (Å²) in [4.78, 5) is 24.9. The number of aromatic nitrogens is 8. The number of amides is 2. The van der Waals surface area contributed by atoms with E-state index in [0.717, 1.165) is 10.8 Å². The Hall–Kier alpha value is -3.52. The number of tetrazole rings is 2. The highest BCUT2D eigenvalue weighted by Gasteiger charge is 2.13. The number of carbonyl (C=O) groups is 2. The lowest BCUT2D eigenvalue weighted by atomic mass is 10.1. The SMILES string of the molecule is Cn1nnnc1SCC(=O)Nc1cccc2c(NC(=O)CSc3nnnn3C)cccc12. The zero-order valence-electron chi connectivity index (χ0n) is 17.1. The fourth-order valence-corrected chi connectivity index (χ4v) is 4.15. The Bertz CT molecular complexity index is 1170. The molecule has 164 valence electrons. The Morgan fingerprint density at radius 2 is 1.22 bits per heavy atom. The minimum Gasteiger partial charge on any atom is -0.325 e. The van der Waals surface area contributed by atoms with Gasteiger partial charge < -0.3 is 10.6 Å². The van der Waals surface area contributed by atoms with Gasteiger partial charge in [0.25, 0.3) is 0 Å². The van der Waals surface area contributed by atoms with Gasteiger partial charge in [0.05, 0.1) is 11.5 Å². The summed E-state index contributed by atoms with van der Waals surface area (Å²) < 4.78 is 3.01. The lowest BCUT2D eigenvalue weighted by Gasteiger charge is -2.12. The van der Waals surface area contributed by atoms with E-state index in [1.54, 1.807) is 14.1 Å². The van der Waals surface area contributed by atoms with Crippen LogP contribution in [-0.4, -0.2) is 63.7 Å². The number of nitrogens with zero attached hydrogens (tertiary/aromatic N) is 8. The number of fused-ring (bicyclic) bond motifs is 1. The van der Waals surface area contributed by atoms with Crippen molar-refractivity contribution in [2.45, 2.75) is 10.3 Å². The number of nitrogens with one attached hydrogen (secondary N) is 2. The van der Waals surface area contributed by atoms with E-state index in [9.17, 15) is 9.59 Å². The predicted molar refractivity (Wildman–Crippen MR) is 120 cm³/mol. The topological polar surface area (TPSA) is 145 Å². The molecule has 4 rings (SSSR count). The van der Waals surface area contributed by atoms with Crippen LogP contribution in [0.1, 0.15) is 0 Å². The summed E-state index contributed by atoms with van der Waals surface area (Å²) in [5.74, 6) is -0.0492. The van der Waals surface area contributed by atoms with Crippen LogP contribution in [0.4, 0.5) is 11.4 Å². The summed E-state index contributed by atoms with van der Waals surface area (Å²) in [5.41, 5.74) is 1.31. The predicted octanol–water partition coefficient (Wildman–Crippen LogP) is 1.35. The van der Waals surface area contributed by atoms with Crippen LogP contribution < -0.4 is 10.6 Å². The van der Waals surface area contributed by atoms with E-state index in [-0.39, 0.29) is 23.3 Å². The molecule has 0 atom stereocenters. The molecule has 2 amide bonds. The maximum absolute atomic E-state index is 12.5. The van der Waals surface area contributed by atoms with Crippen LogP contribution in [0.5, 0.6) is 0 Å². The number of benzene rings is 2. The molecule has 0 aliphatic rings. The highest BCUT2D eigenvalue weighted by atomic mass is 32.2. The van der Waals surface area contributed by atoms with Crippen molar-refractivity contribution in [1.29, 1.82) is 0 Å². The van der Waals surface area contributed by atoms with E-state index < -0.39 is 0 Å². The lowest BCUT2D eigenvalue weighted by molar-refractivity contribution is -0.114. The highest BCUT2D eigenvalue weighted by Crippen LogP contribution is 2.30. The monoisotopic (exact) mass is 470 g/mol. The zero-order valence-corrected chi connectivity index (χ0v) is 18.7. The van der Waals surface area contributed by atoms with Gasteiger partial charge in [-0.25, -0.2) is 9.36 Å². The molecule has 2 heterocycles. The van der Waals surface area contributed by atoms with Gasteiger partial charge in [0.15, 0.2) is 0 Å². The first kappa shape index (κ1) is 21.7. The van der Waals surface area contributed by atoms with Gasteiger partial charge in [0, 0.05) is 36.2 Å². The maximum atomic E-state index is 12.5. The lowest BCUT2D eigenvalue weighted by Crippen LogP contribution is -2.16. The summed E-state index contributed by atoms with van der Waals surface area (Å²) >= 11 is 2.49. The summed E-state index contributed by atoms with van der Waals surface area (Å²) in [6.45, 7) is 0. The van der Waals surface area contributed by atoms with Gasteiger partial charge in [-0.2, -0.15) is 0 Å². The van der Waals surface area contributed by atoms with Gasteiger partial charge in [-0.15, -0.1) is 10.2 Å². The molecule has 32 heavy (non-hydrogen) atoms. The third kappa shape index (κ3) is 5.03. The maximum Gasteiger partial charge on any atom is 0.234 e. The number of hydrogen-bond acceptors (Lipinski definition) is 10. The summed E-state index contributed by atoms with van der Waals surface area (Å²) in [7, 11) is 3.42. The standard InChI is InChI=1S/C18H18N10O2S2/c1-27-17(21-23-25-27)31-9-15(29)19-13-7-3-6-12-11(13)5-4-8-14(12)20-16(30)10-32-18-22-24-26-28(18)2/h3-8H,9-10H2,1-2H3,(H,19,29)(H,20,30). The van der Waals surface area contributed by atoms with Crippen molar-refractivity contribution in [3.05, 3.63) is 36.4 Å². The van der Waals surface area contributed by atoms with E-state index in [1.165, 1.54) is 32.9 Å². The van der Waals surface area contributed by atoms with Crippen LogP contribution in [-0.2, 0) is 23.7 Å². The molecule has 0 aliphatic heterocycles. The van der Waals surface area contributed by atoms with E-state index in [0.29, 0.717) is 21.7 Å². The van der Waals surface area contributed by atoms with Crippen molar-refractivity contribution in [3.63, 3.8) is 0 Å². The molecule has 12 nitrogen and oxygen atoms in total. The highest BCUT2D eigenvalue weighted by molar-refractivity contribution is 8.00. The molecule has 2 aromatic heterocycles. The Morgan fingerprint density at radius 1 is 0.781 bits per heavy atom. The Balaban J connectivity index is 1.43. The van der Waals surface area contributed by atoms with Gasteiger partial charge >= 0.3 is 0 Å². The van der Waals surface area contributed by atoms with Gasteiger partial charge in [0.1, 0.15) is 0 Å². The van der Waals surface area contributed by atoms with E-state index in [4.69, 9.17) is 0 Å². The minimum atomic E-state index is -0.186. The molecular formula is C18H18N10O2S2. The van der Waals surface area contributed by atoms with E-state index in [1.807, 2.05) is 36.4 Å². The van der Waals surface area contributed by atoms with Gasteiger partial charge in [0.2, 0.25) is 22.1 Å². The number of carbonyl (C=O) groups excluding carboxylic acids is 2. The minimum absolute atomic E-state index is 0.162. The van der Waals surface area contributed by atoms with Gasteiger partial charge in [-0.1, -0.05) is 47.8 Å². The van der Waals surface area contributed by atoms with Crippen LogP contribution in [0.2, 0.25) is 0 Å². The quantitative estimate of drug-likeness (QED) is 0.362. The molecule has 4 aromatic rings. The zero-order chi connectivity index (χ0) is 22.5. The molecule has 14 heteroatoms. The van der Waals surface area contributed by atoms with Crippen molar-refractivity contribution in [2.24, 2.45) is 14.1 Å². The molecule has 0 bridgehead atoms. The Morgan fingerprint density at radius 3 is 1.59 bits per heavy atom. The molecule has 0 saturated heterocycles. The van der Waals surface area contributed by atoms with Gasteiger partial charge in [-0.3, -0.25) is 9.59 Å². The number of hydrogen-bond donors (Lipinski definition) is 2. The van der Waals surface area contributed by atoms with Gasteiger partial charge in [-0.05, 0) is 33.0 Å². The van der Waals surface area contributed by atoms with Crippen molar-refractivity contribution in [1.82, 2.24) is 40.4 Å². The van der Waals surface area contributed by atoms with Crippen molar-refractivity contribution in [2.75, 3.05) is 22.1 Å². The van der Waals surface area contributed by atoms with Crippen LogP contribution in [0, 0.1) is 0 Å². The van der Waals surface area contributed by atoms with Crippen molar-refractivity contribution >= 4 is 57.5 Å². The van der Waals surface area contributed by atoms with Crippen LogP contribution in [0.3, 0.4) is 0 Å². The van der Waals surface area contributed by atoms with Crippen LogP contribution in [0.15, 0.2) is 46.7 Å². The second-order valence-corrected chi connectivity index (χ2v) is 8.44. The third-order valence-electron chi connectivity index (χ3n) is 4.30. The number of aryl methyl sites for hydroxylation is 2. The number of rotatable bonds is 8. The molecule has 0 radical (unpaired) electrons. The number of thioether (sulfide) groups is 2. The largest absolute Gasteiger partial charge is 0.325 e. The molecule has 2 N–H and O–H groups in total. The molecule has 0 aliphatic carbocycles. The van der Waals surface area contributed by atoms with E-state index in [2.05, 4.69) is 41.7 Å². The summed E-state index contributed by atoms with van der Waals surface area (Å²) in [6.07, 6.45) is 0. The molecule has 0 saturated carbocycles. The number of anilines is 2. The van der Waals surface area contributed by atoms with Crippen molar-refractivity contribution in [3.8, 4) is 0 Å². The van der Waals surface area contributed by atoms with Crippen LogP contribution in [0.25, 0.3) is 10.8 Å². The average Bonchev–Trinajstić information content (AvgIpc) is 3.39. The summed E-state index contributed by atoms with van der Waals surface area (Å²) in [5, 5.41) is 30.9. The van der Waals surface area contributed by atoms with Crippen molar-refractivity contribution < 1.29 is 9.59 Å².